The Labute approximate surface area is 115 Å². The maximum absolute atomic E-state index is 10.1. The average Bonchev–Trinajstić information content (AvgIpc) is 2.81. The fourth-order valence-corrected chi connectivity index (χ4v) is 3.25. The van der Waals surface area contributed by atoms with Gasteiger partial charge in [-0.1, -0.05) is 25.5 Å². The Morgan fingerprint density at radius 2 is 2.21 bits per heavy atom. The highest BCUT2D eigenvalue weighted by molar-refractivity contribution is 5.39. The minimum Gasteiger partial charge on any atom is -0.493 e. The van der Waals surface area contributed by atoms with Crippen LogP contribution in [0.25, 0.3) is 0 Å². The summed E-state index contributed by atoms with van der Waals surface area (Å²) in [6, 6.07) is 6.55. The van der Waals surface area contributed by atoms with Crippen molar-refractivity contribution in [3.05, 3.63) is 29.3 Å². The van der Waals surface area contributed by atoms with Crippen molar-refractivity contribution in [1.29, 1.82) is 0 Å². The van der Waals surface area contributed by atoms with Gasteiger partial charge in [0.05, 0.1) is 12.2 Å². The van der Waals surface area contributed by atoms with Crippen molar-refractivity contribution in [2.45, 2.75) is 38.2 Å². The van der Waals surface area contributed by atoms with E-state index in [2.05, 4.69) is 30.0 Å². The topological polar surface area (TPSA) is 32.7 Å². The summed E-state index contributed by atoms with van der Waals surface area (Å²) in [5.41, 5.74) is 2.33. The smallest absolute Gasteiger partial charge is 0.122 e. The van der Waals surface area contributed by atoms with Crippen molar-refractivity contribution < 1.29 is 9.84 Å². The van der Waals surface area contributed by atoms with Crippen LogP contribution in [0.2, 0.25) is 0 Å². The Bertz CT molecular complexity index is 452. The van der Waals surface area contributed by atoms with Crippen molar-refractivity contribution in [1.82, 2.24) is 4.90 Å². The first-order chi connectivity index (χ1) is 9.18. The molecule has 0 aliphatic carbocycles. The fourth-order valence-electron chi connectivity index (χ4n) is 3.25. The molecule has 3 nitrogen and oxygen atoms in total. The molecule has 1 saturated heterocycles. The van der Waals surface area contributed by atoms with Gasteiger partial charge in [-0.05, 0) is 30.0 Å². The van der Waals surface area contributed by atoms with Crippen LogP contribution in [0.4, 0.5) is 0 Å². The molecule has 0 aromatic heterocycles. The summed E-state index contributed by atoms with van der Waals surface area (Å²) >= 11 is 0. The first kappa shape index (κ1) is 12.9. The zero-order valence-corrected chi connectivity index (χ0v) is 11.7. The summed E-state index contributed by atoms with van der Waals surface area (Å²) in [5, 5.41) is 10.1. The quantitative estimate of drug-likeness (QED) is 0.880. The number of benzene rings is 1. The molecule has 3 heteroatoms. The summed E-state index contributed by atoms with van der Waals surface area (Å²) in [5.74, 6) is 1.06. The van der Waals surface area contributed by atoms with Gasteiger partial charge < -0.3 is 9.84 Å². The van der Waals surface area contributed by atoms with Gasteiger partial charge in [-0.3, -0.25) is 4.90 Å². The van der Waals surface area contributed by atoms with Crippen molar-refractivity contribution in [2.24, 2.45) is 0 Å². The van der Waals surface area contributed by atoms with E-state index in [0.717, 1.165) is 57.7 Å². The van der Waals surface area contributed by atoms with Gasteiger partial charge >= 0.3 is 0 Å². The number of likely N-dealkylation sites (tertiary alicyclic amines) is 1. The molecule has 0 bridgehead atoms. The van der Waals surface area contributed by atoms with E-state index in [0.29, 0.717) is 0 Å². The summed E-state index contributed by atoms with van der Waals surface area (Å²) in [6.07, 6.45) is 4.10. The van der Waals surface area contributed by atoms with Crippen molar-refractivity contribution in [3.63, 3.8) is 0 Å². The number of ether oxygens (including phenoxy) is 1. The predicted octanol–water partition coefficient (Wildman–Crippen LogP) is 2.01. The summed E-state index contributed by atoms with van der Waals surface area (Å²) in [6.45, 7) is 5.69. The molecular weight excluding hydrogens is 238 g/mol. The lowest BCUT2D eigenvalue weighted by Gasteiger charge is -2.46. The van der Waals surface area contributed by atoms with E-state index in [4.69, 9.17) is 4.74 Å². The third kappa shape index (κ3) is 2.77. The molecule has 0 atom stereocenters. The minimum absolute atomic E-state index is 0.402. The van der Waals surface area contributed by atoms with Crippen LogP contribution in [-0.4, -0.2) is 41.8 Å². The van der Waals surface area contributed by atoms with E-state index in [-0.39, 0.29) is 0 Å². The lowest BCUT2D eigenvalue weighted by atomic mass is 9.89. The number of aliphatic hydroxyl groups is 1. The Balaban J connectivity index is 1.49. The molecule has 0 saturated carbocycles. The summed E-state index contributed by atoms with van der Waals surface area (Å²) in [7, 11) is 0. The zero-order chi connectivity index (χ0) is 13.3. The molecule has 19 heavy (non-hydrogen) atoms. The van der Waals surface area contributed by atoms with Gasteiger partial charge in [0.1, 0.15) is 5.75 Å². The van der Waals surface area contributed by atoms with Gasteiger partial charge in [-0.2, -0.15) is 0 Å². The highest BCUT2D eigenvalue weighted by atomic mass is 16.5. The summed E-state index contributed by atoms with van der Waals surface area (Å²) in [4.78, 5) is 2.35. The molecule has 0 unspecified atom stereocenters. The zero-order valence-electron chi connectivity index (χ0n) is 11.7. The van der Waals surface area contributed by atoms with E-state index < -0.39 is 5.60 Å². The van der Waals surface area contributed by atoms with E-state index >= 15 is 0 Å². The molecule has 0 amide bonds. The van der Waals surface area contributed by atoms with Gasteiger partial charge in [0, 0.05) is 26.1 Å². The Morgan fingerprint density at radius 3 is 3.00 bits per heavy atom. The van der Waals surface area contributed by atoms with Crippen LogP contribution in [0.15, 0.2) is 18.2 Å². The first-order valence-corrected chi connectivity index (χ1v) is 7.38. The van der Waals surface area contributed by atoms with Crippen molar-refractivity contribution in [3.8, 4) is 5.75 Å². The van der Waals surface area contributed by atoms with Crippen LogP contribution in [0.5, 0.6) is 5.75 Å². The second-order valence-corrected chi connectivity index (χ2v) is 5.98. The van der Waals surface area contributed by atoms with Crippen LogP contribution in [-0.2, 0) is 12.8 Å². The van der Waals surface area contributed by atoms with Gasteiger partial charge in [-0.25, -0.2) is 0 Å². The molecule has 2 aliphatic heterocycles. The lowest BCUT2D eigenvalue weighted by molar-refractivity contribution is -0.102. The number of nitrogens with zero attached hydrogens (tertiary/aromatic N) is 1. The molecule has 0 spiro atoms. The maximum atomic E-state index is 10.1. The molecule has 2 aliphatic rings. The molecular formula is C16H23NO2. The third-order valence-corrected chi connectivity index (χ3v) is 4.22. The first-order valence-electron chi connectivity index (χ1n) is 7.38. The lowest BCUT2D eigenvalue weighted by Crippen LogP contribution is -2.61. The van der Waals surface area contributed by atoms with Gasteiger partial charge in [0.2, 0.25) is 0 Å². The van der Waals surface area contributed by atoms with Crippen LogP contribution in [0.1, 0.15) is 30.9 Å². The van der Waals surface area contributed by atoms with E-state index in [1.807, 2.05) is 0 Å². The highest BCUT2D eigenvalue weighted by Gasteiger charge is 2.39. The number of fused-ring (bicyclic) bond motifs is 1. The molecule has 1 aromatic carbocycles. The van der Waals surface area contributed by atoms with Gasteiger partial charge in [0.15, 0.2) is 0 Å². The number of rotatable bonds is 5. The Morgan fingerprint density at radius 1 is 1.37 bits per heavy atom. The van der Waals surface area contributed by atoms with Crippen molar-refractivity contribution in [2.75, 3.05) is 26.2 Å². The van der Waals surface area contributed by atoms with E-state index in [9.17, 15) is 5.11 Å². The second-order valence-electron chi connectivity index (χ2n) is 5.98. The van der Waals surface area contributed by atoms with Crippen LogP contribution >= 0.6 is 0 Å². The maximum Gasteiger partial charge on any atom is 0.122 e. The molecule has 3 rings (SSSR count). The van der Waals surface area contributed by atoms with Crippen LogP contribution in [0.3, 0.4) is 0 Å². The fraction of sp³-hybridized carbons (Fsp3) is 0.625. The Hall–Kier alpha value is -1.06. The van der Waals surface area contributed by atoms with Crippen molar-refractivity contribution >= 4 is 0 Å². The Kier molecular flexibility index (Phi) is 3.50. The number of β-amino-alcohol motifs (C(OH)–C–C–N with tert-alkyl or cyclic N) is 1. The standard InChI is InChI=1S/C16H23NO2/c1-2-7-16(18)11-17(12-16)8-5-13-3-4-15-14(10-13)6-9-19-15/h3-4,10,18H,2,5-9,11-12H2,1H3. The van der Waals surface area contributed by atoms with Crippen LogP contribution in [0, 0.1) is 0 Å². The van der Waals surface area contributed by atoms with E-state index in [1.165, 1.54) is 11.1 Å². The van der Waals surface area contributed by atoms with Gasteiger partial charge in [-0.15, -0.1) is 0 Å². The second kappa shape index (κ2) is 5.14. The monoisotopic (exact) mass is 261 g/mol. The van der Waals surface area contributed by atoms with Gasteiger partial charge in [0.25, 0.3) is 0 Å². The minimum atomic E-state index is -0.402. The summed E-state index contributed by atoms with van der Waals surface area (Å²) < 4.78 is 5.52. The average molecular weight is 261 g/mol. The molecule has 1 N–H and O–H groups in total. The molecule has 1 aromatic rings. The SMILES string of the molecule is CCCC1(O)CN(CCc2ccc3c(c2)CCO3)C1. The molecule has 0 radical (unpaired) electrons. The highest BCUT2D eigenvalue weighted by Crippen LogP contribution is 2.28. The predicted molar refractivity (Wildman–Crippen MR) is 75.6 cm³/mol. The number of hydrogen-bond donors (Lipinski definition) is 1. The molecule has 1 fully saturated rings. The van der Waals surface area contributed by atoms with Crippen LogP contribution < -0.4 is 4.74 Å². The molecule has 2 heterocycles. The van der Waals surface area contributed by atoms with E-state index in [1.54, 1.807) is 0 Å². The number of hydrogen-bond acceptors (Lipinski definition) is 3. The third-order valence-electron chi connectivity index (χ3n) is 4.22. The molecule has 104 valence electrons. The largest absolute Gasteiger partial charge is 0.493 e. The normalized spacial score (nSPS) is 20.7.